The molecule has 0 aromatic heterocycles. The van der Waals surface area contributed by atoms with E-state index in [4.69, 9.17) is 37.6 Å². The summed E-state index contributed by atoms with van der Waals surface area (Å²) in [5.41, 5.74) is 4.72. The summed E-state index contributed by atoms with van der Waals surface area (Å²) in [7, 11) is -8.31. The lowest BCUT2D eigenvalue weighted by Crippen LogP contribution is -2.14. The van der Waals surface area contributed by atoms with E-state index in [9.17, 15) is 9.13 Å². The Bertz CT molecular complexity index is 603. The normalized spacial score (nSPS) is 38.8. The third kappa shape index (κ3) is 7.48. The van der Waals surface area contributed by atoms with Crippen LogP contribution in [-0.4, -0.2) is 56.4 Å². The number of ether oxygens (including phenoxy) is 3. The van der Waals surface area contributed by atoms with Crippen LogP contribution in [0.5, 0.6) is 0 Å². The van der Waals surface area contributed by atoms with Gasteiger partial charge in [0.25, 0.3) is 0 Å². The molecule has 0 saturated carbocycles. The number of hydrogen-bond acceptors (Lipinski definition) is 9. The molecule has 158 valence electrons. The van der Waals surface area contributed by atoms with Crippen LogP contribution in [0.1, 0.15) is 40.0 Å². The molecule has 0 aromatic rings. The molecule has 4 unspecified atom stereocenters. The highest BCUT2D eigenvalue weighted by Gasteiger charge is 2.44. The highest BCUT2D eigenvalue weighted by molar-refractivity contribution is 7.63. The van der Waals surface area contributed by atoms with Crippen molar-refractivity contribution in [3.05, 3.63) is 0 Å². The Morgan fingerprint density at radius 3 is 1.44 bits per heavy atom. The van der Waals surface area contributed by atoms with Gasteiger partial charge in [-0.2, -0.15) is 4.31 Å². The first-order valence-electron chi connectivity index (χ1n) is 9.00. The minimum atomic E-state index is -4.18. The third-order valence-corrected chi connectivity index (χ3v) is 8.04. The molecule has 3 fully saturated rings. The fraction of sp³-hybridized carbons (Fsp3) is 1.00. The SMILES string of the molecule is CC1(CCOP(N)(=O)OP(=O)(OCCC2(C)CO2)OCCC2(C)CO2)CO1. The maximum absolute atomic E-state index is 12.9. The molecule has 3 rings (SSSR count). The Morgan fingerprint density at radius 2 is 1.11 bits per heavy atom. The summed E-state index contributed by atoms with van der Waals surface area (Å²) < 4.78 is 61.8. The number of rotatable bonds is 14. The minimum Gasteiger partial charge on any atom is -0.370 e. The van der Waals surface area contributed by atoms with Crippen LogP contribution in [0.4, 0.5) is 0 Å². The average molecular weight is 429 g/mol. The first-order valence-corrected chi connectivity index (χ1v) is 12.1. The molecule has 0 amide bonds. The lowest BCUT2D eigenvalue weighted by molar-refractivity contribution is 0.125. The summed E-state index contributed by atoms with van der Waals surface area (Å²) in [6, 6.07) is 0. The van der Waals surface area contributed by atoms with Gasteiger partial charge in [-0.3, -0.25) is 13.6 Å². The van der Waals surface area contributed by atoms with Crippen molar-refractivity contribution in [1.82, 2.24) is 0 Å². The monoisotopic (exact) mass is 429 g/mol. The van der Waals surface area contributed by atoms with Crippen LogP contribution < -0.4 is 5.50 Å². The van der Waals surface area contributed by atoms with Gasteiger partial charge in [-0.15, -0.1) is 0 Å². The molecule has 3 aliphatic heterocycles. The van der Waals surface area contributed by atoms with E-state index in [2.05, 4.69) is 0 Å². The minimum absolute atomic E-state index is 0.0438. The van der Waals surface area contributed by atoms with Crippen molar-refractivity contribution in [2.24, 2.45) is 5.50 Å². The molecule has 0 aromatic carbocycles. The van der Waals surface area contributed by atoms with Gasteiger partial charge in [-0.05, 0) is 20.8 Å². The number of hydrogen-bond donors (Lipinski definition) is 1. The van der Waals surface area contributed by atoms with Crippen molar-refractivity contribution in [2.45, 2.75) is 56.8 Å². The second-order valence-corrected chi connectivity index (χ2v) is 11.4. The zero-order valence-corrected chi connectivity index (χ0v) is 17.8. The van der Waals surface area contributed by atoms with Crippen LogP contribution >= 0.6 is 15.6 Å². The van der Waals surface area contributed by atoms with E-state index in [1.807, 2.05) is 20.8 Å². The Morgan fingerprint density at radius 1 is 0.778 bits per heavy atom. The fourth-order valence-corrected chi connectivity index (χ4v) is 4.92. The van der Waals surface area contributed by atoms with E-state index < -0.39 is 15.6 Å². The van der Waals surface area contributed by atoms with Crippen molar-refractivity contribution in [1.29, 1.82) is 0 Å². The molecule has 12 heteroatoms. The molecule has 3 aliphatic rings. The molecular formula is C15H29NO9P2. The number of phosphoric acid groups is 1. The topological polar surface area (TPSA) is 135 Å². The zero-order valence-electron chi connectivity index (χ0n) is 16.0. The maximum atomic E-state index is 12.9. The number of epoxide rings is 3. The predicted molar refractivity (Wildman–Crippen MR) is 95.3 cm³/mol. The second-order valence-electron chi connectivity index (χ2n) is 8.03. The van der Waals surface area contributed by atoms with Gasteiger partial charge in [0.2, 0.25) is 0 Å². The van der Waals surface area contributed by atoms with Crippen molar-refractivity contribution in [3.63, 3.8) is 0 Å². The Hall–Kier alpha value is 0.140. The van der Waals surface area contributed by atoms with Crippen LogP contribution in [-0.2, 0) is 41.2 Å². The zero-order chi connectivity index (χ0) is 19.8. The van der Waals surface area contributed by atoms with Crippen LogP contribution in [0.15, 0.2) is 0 Å². The Kier molecular flexibility index (Phi) is 6.28. The first-order chi connectivity index (χ1) is 12.4. The summed E-state index contributed by atoms with van der Waals surface area (Å²) in [4.78, 5) is 0. The Balaban J connectivity index is 1.49. The number of nitrogens with two attached hydrogens (primary N) is 1. The second kappa shape index (κ2) is 7.76. The fourth-order valence-electron chi connectivity index (χ4n) is 2.19. The molecule has 4 atom stereocenters. The predicted octanol–water partition coefficient (Wildman–Crippen LogP) is 2.76. The molecule has 2 N–H and O–H groups in total. The van der Waals surface area contributed by atoms with Crippen molar-refractivity contribution in [3.8, 4) is 0 Å². The van der Waals surface area contributed by atoms with Gasteiger partial charge in [-0.1, -0.05) is 0 Å². The van der Waals surface area contributed by atoms with Gasteiger partial charge in [-0.25, -0.2) is 14.6 Å². The summed E-state index contributed by atoms with van der Waals surface area (Å²) >= 11 is 0. The van der Waals surface area contributed by atoms with E-state index in [1.165, 1.54) is 0 Å². The van der Waals surface area contributed by atoms with E-state index in [0.29, 0.717) is 39.1 Å². The van der Waals surface area contributed by atoms with Crippen LogP contribution in [0, 0.1) is 0 Å². The Labute approximate surface area is 159 Å². The summed E-state index contributed by atoms with van der Waals surface area (Å²) in [5, 5.41) is 0. The van der Waals surface area contributed by atoms with E-state index in [0.717, 1.165) is 0 Å². The standard InChI is InChI=1S/C15H29NO9P2/c1-13(10-19-13)4-7-22-26(16,17)25-27(18,23-8-5-14(2)11-20-14)24-9-6-15(3)12-21-15/h4-12H2,1-3H3,(H2,16,17). The highest BCUT2D eigenvalue weighted by atomic mass is 31.3. The molecule has 0 bridgehead atoms. The average Bonchev–Trinajstić information content (AvgIpc) is 3.45. The molecule has 27 heavy (non-hydrogen) atoms. The van der Waals surface area contributed by atoms with E-state index >= 15 is 0 Å². The van der Waals surface area contributed by atoms with Crippen LogP contribution in [0.25, 0.3) is 0 Å². The van der Waals surface area contributed by atoms with Gasteiger partial charge in [0.1, 0.15) is 0 Å². The first kappa shape index (κ1) is 21.8. The third-order valence-electron chi connectivity index (χ3n) is 4.79. The van der Waals surface area contributed by atoms with Gasteiger partial charge < -0.3 is 14.2 Å². The van der Waals surface area contributed by atoms with Gasteiger partial charge >= 0.3 is 15.6 Å². The summed E-state index contributed by atoms with van der Waals surface area (Å²) in [6.07, 6.45) is 1.49. The van der Waals surface area contributed by atoms with E-state index in [-0.39, 0.29) is 36.6 Å². The summed E-state index contributed by atoms with van der Waals surface area (Å²) in [5.74, 6) is 0. The van der Waals surface area contributed by atoms with E-state index in [1.54, 1.807) is 0 Å². The van der Waals surface area contributed by atoms with Crippen molar-refractivity contribution < 1.29 is 41.2 Å². The van der Waals surface area contributed by atoms with Crippen molar-refractivity contribution >= 4 is 15.6 Å². The lowest BCUT2D eigenvalue weighted by atomic mass is 10.1. The van der Waals surface area contributed by atoms with Crippen LogP contribution in [0.2, 0.25) is 0 Å². The van der Waals surface area contributed by atoms with Gasteiger partial charge in [0.05, 0.1) is 56.4 Å². The highest BCUT2D eigenvalue weighted by Crippen LogP contribution is 2.62. The van der Waals surface area contributed by atoms with Gasteiger partial charge in [0.15, 0.2) is 0 Å². The maximum Gasteiger partial charge on any atom is 0.482 e. The van der Waals surface area contributed by atoms with Crippen molar-refractivity contribution in [2.75, 3.05) is 39.6 Å². The number of phosphoric ester groups is 1. The molecule has 0 radical (unpaired) electrons. The molecule has 0 aliphatic carbocycles. The van der Waals surface area contributed by atoms with Crippen LogP contribution in [0.3, 0.4) is 0 Å². The lowest BCUT2D eigenvalue weighted by Gasteiger charge is -2.22. The molecule has 10 nitrogen and oxygen atoms in total. The smallest absolute Gasteiger partial charge is 0.370 e. The quantitative estimate of drug-likeness (QED) is 0.324. The molecule has 3 saturated heterocycles. The molecule has 0 spiro atoms. The van der Waals surface area contributed by atoms with Gasteiger partial charge in [0, 0.05) is 19.3 Å². The molecule has 3 heterocycles. The largest absolute Gasteiger partial charge is 0.482 e. The molecular weight excluding hydrogens is 400 g/mol. The summed E-state index contributed by atoms with van der Waals surface area (Å²) in [6.45, 7) is 7.69.